The summed E-state index contributed by atoms with van der Waals surface area (Å²) in [6, 6.07) is 3.54. The molecule has 1 aliphatic rings. The van der Waals surface area contributed by atoms with Crippen LogP contribution in [0.1, 0.15) is 36.2 Å². The Morgan fingerprint density at radius 2 is 2.22 bits per heavy atom. The SMILES string of the molecule is O=C(NC1CCCC1)c1cn2cccc(O)c2n1. The predicted octanol–water partition coefficient (Wildman–Crippen LogP) is 1.71. The molecule has 0 radical (unpaired) electrons. The molecule has 0 unspecified atom stereocenters. The Bertz CT molecular complexity index is 585. The third-order valence-corrected chi connectivity index (χ3v) is 3.39. The van der Waals surface area contributed by atoms with E-state index in [9.17, 15) is 9.90 Å². The first-order valence-corrected chi connectivity index (χ1v) is 6.21. The summed E-state index contributed by atoms with van der Waals surface area (Å²) in [4.78, 5) is 16.2. The molecule has 3 rings (SSSR count). The zero-order chi connectivity index (χ0) is 12.5. The van der Waals surface area contributed by atoms with Gasteiger partial charge in [-0.25, -0.2) is 4.98 Å². The van der Waals surface area contributed by atoms with Crippen LogP contribution in [0.5, 0.6) is 5.75 Å². The van der Waals surface area contributed by atoms with Gasteiger partial charge in [-0.15, -0.1) is 0 Å². The Labute approximate surface area is 104 Å². The third kappa shape index (κ3) is 1.92. The van der Waals surface area contributed by atoms with Gasteiger partial charge in [-0.2, -0.15) is 0 Å². The molecule has 94 valence electrons. The topological polar surface area (TPSA) is 66.6 Å². The van der Waals surface area contributed by atoms with Crippen LogP contribution < -0.4 is 5.32 Å². The fraction of sp³-hybridized carbons (Fsp3) is 0.385. The summed E-state index contributed by atoms with van der Waals surface area (Å²) in [5.74, 6) is -0.0811. The van der Waals surface area contributed by atoms with Crippen molar-refractivity contribution in [1.82, 2.24) is 14.7 Å². The van der Waals surface area contributed by atoms with Gasteiger partial charge in [-0.3, -0.25) is 4.79 Å². The maximum Gasteiger partial charge on any atom is 0.271 e. The van der Waals surface area contributed by atoms with Crippen LogP contribution in [-0.2, 0) is 0 Å². The molecule has 2 aromatic heterocycles. The Morgan fingerprint density at radius 3 is 2.94 bits per heavy atom. The van der Waals surface area contributed by atoms with Gasteiger partial charge in [-0.05, 0) is 25.0 Å². The second-order valence-corrected chi connectivity index (χ2v) is 4.71. The number of hydrogen-bond donors (Lipinski definition) is 2. The molecule has 0 spiro atoms. The van der Waals surface area contributed by atoms with Crippen LogP contribution in [0.3, 0.4) is 0 Å². The molecule has 0 aromatic carbocycles. The number of nitrogens with one attached hydrogen (secondary N) is 1. The zero-order valence-corrected chi connectivity index (χ0v) is 9.97. The molecule has 0 aliphatic heterocycles. The molecule has 0 atom stereocenters. The van der Waals surface area contributed by atoms with Crippen LogP contribution in [0.4, 0.5) is 0 Å². The van der Waals surface area contributed by atoms with Crippen LogP contribution in [0.2, 0.25) is 0 Å². The first-order chi connectivity index (χ1) is 8.74. The highest BCUT2D eigenvalue weighted by molar-refractivity contribution is 5.93. The smallest absolute Gasteiger partial charge is 0.271 e. The average molecular weight is 245 g/mol. The zero-order valence-electron chi connectivity index (χ0n) is 9.97. The van der Waals surface area contributed by atoms with E-state index in [-0.39, 0.29) is 17.7 Å². The van der Waals surface area contributed by atoms with Crippen molar-refractivity contribution < 1.29 is 9.90 Å². The van der Waals surface area contributed by atoms with Crippen molar-refractivity contribution in [2.24, 2.45) is 0 Å². The quantitative estimate of drug-likeness (QED) is 0.846. The second kappa shape index (κ2) is 4.33. The Kier molecular flexibility index (Phi) is 2.66. The molecule has 5 nitrogen and oxygen atoms in total. The van der Waals surface area contributed by atoms with Crippen molar-refractivity contribution in [3.05, 3.63) is 30.2 Å². The molecule has 2 aromatic rings. The number of aromatic nitrogens is 2. The summed E-state index contributed by atoms with van der Waals surface area (Å²) in [5, 5.41) is 12.6. The summed E-state index contributed by atoms with van der Waals surface area (Å²) in [6.45, 7) is 0. The molecule has 0 saturated heterocycles. The van der Waals surface area contributed by atoms with Crippen LogP contribution >= 0.6 is 0 Å². The van der Waals surface area contributed by atoms with Crippen molar-refractivity contribution in [3.63, 3.8) is 0 Å². The maximum atomic E-state index is 12.0. The third-order valence-electron chi connectivity index (χ3n) is 3.39. The molecular formula is C13H15N3O2. The van der Waals surface area contributed by atoms with Gasteiger partial charge in [-0.1, -0.05) is 12.8 Å². The minimum atomic E-state index is -0.162. The Hall–Kier alpha value is -2.04. The summed E-state index contributed by atoms with van der Waals surface area (Å²) in [6.07, 6.45) is 7.84. The maximum absolute atomic E-state index is 12.0. The fourth-order valence-corrected chi connectivity index (χ4v) is 2.44. The number of nitrogens with zero attached hydrogens (tertiary/aromatic N) is 2. The Morgan fingerprint density at radius 1 is 1.44 bits per heavy atom. The predicted molar refractivity (Wildman–Crippen MR) is 66.6 cm³/mol. The summed E-state index contributed by atoms with van der Waals surface area (Å²) >= 11 is 0. The molecule has 18 heavy (non-hydrogen) atoms. The number of amides is 1. The van der Waals surface area contributed by atoms with E-state index in [2.05, 4.69) is 10.3 Å². The van der Waals surface area contributed by atoms with Gasteiger partial charge in [0.15, 0.2) is 11.4 Å². The van der Waals surface area contributed by atoms with Gasteiger partial charge in [0.1, 0.15) is 5.69 Å². The minimum absolute atomic E-state index is 0.0809. The van der Waals surface area contributed by atoms with Crippen LogP contribution in [0.25, 0.3) is 5.65 Å². The monoisotopic (exact) mass is 245 g/mol. The molecule has 5 heteroatoms. The minimum Gasteiger partial charge on any atom is -0.504 e. The number of imidazole rings is 1. The van der Waals surface area contributed by atoms with E-state index in [0.29, 0.717) is 11.3 Å². The van der Waals surface area contributed by atoms with Gasteiger partial charge in [0.2, 0.25) is 0 Å². The highest BCUT2D eigenvalue weighted by atomic mass is 16.3. The fourth-order valence-electron chi connectivity index (χ4n) is 2.44. The van der Waals surface area contributed by atoms with E-state index in [0.717, 1.165) is 12.8 Å². The molecule has 1 aliphatic carbocycles. The number of fused-ring (bicyclic) bond motifs is 1. The van der Waals surface area contributed by atoms with Gasteiger partial charge in [0, 0.05) is 18.4 Å². The van der Waals surface area contributed by atoms with Crippen LogP contribution in [0.15, 0.2) is 24.5 Å². The van der Waals surface area contributed by atoms with Crippen molar-refractivity contribution in [1.29, 1.82) is 0 Å². The van der Waals surface area contributed by atoms with Crippen molar-refractivity contribution in [3.8, 4) is 5.75 Å². The van der Waals surface area contributed by atoms with E-state index >= 15 is 0 Å². The summed E-state index contributed by atoms with van der Waals surface area (Å²) in [7, 11) is 0. The molecule has 0 bridgehead atoms. The van der Waals surface area contributed by atoms with E-state index in [1.165, 1.54) is 12.8 Å². The average Bonchev–Trinajstić information content (AvgIpc) is 2.97. The largest absolute Gasteiger partial charge is 0.504 e. The van der Waals surface area contributed by atoms with E-state index in [1.54, 1.807) is 28.9 Å². The number of carbonyl (C=O) groups is 1. The molecule has 1 saturated carbocycles. The lowest BCUT2D eigenvalue weighted by molar-refractivity contribution is 0.0933. The number of rotatable bonds is 2. The van der Waals surface area contributed by atoms with Crippen LogP contribution in [-0.4, -0.2) is 26.4 Å². The van der Waals surface area contributed by atoms with Gasteiger partial charge >= 0.3 is 0 Å². The van der Waals surface area contributed by atoms with E-state index < -0.39 is 0 Å². The summed E-state index contributed by atoms with van der Waals surface area (Å²) < 4.78 is 1.65. The van der Waals surface area contributed by atoms with E-state index in [4.69, 9.17) is 0 Å². The van der Waals surface area contributed by atoms with Gasteiger partial charge in [0.05, 0.1) is 0 Å². The highest BCUT2D eigenvalue weighted by Gasteiger charge is 2.19. The Balaban J connectivity index is 1.85. The van der Waals surface area contributed by atoms with Crippen molar-refractivity contribution in [2.75, 3.05) is 0 Å². The lowest BCUT2D eigenvalue weighted by atomic mass is 10.2. The van der Waals surface area contributed by atoms with Crippen LogP contribution in [0, 0.1) is 0 Å². The molecule has 1 amide bonds. The van der Waals surface area contributed by atoms with Gasteiger partial charge in [0.25, 0.3) is 5.91 Å². The second-order valence-electron chi connectivity index (χ2n) is 4.71. The lowest BCUT2D eigenvalue weighted by Gasteiger charge is -2.09. The number of aromatic hydroxyl groups is 1. The van der Waals surface area contributed by atoms with Gasteiger partial charge < -0.3 is 14.8 Å². The van der Waals surface area contributed by atoms with Crippen molar-refractivity contribution >= 4 is 11.6 Å². The highest BCUT2D eigenvalue weighted by Crippen LogP contribution is 2.19. The summed E-state index contributed by atoms with van der Waals surface area (Å²) in [5.41, 5.74) is 0.762. The molecule has 1 fully saturated rings. The number of pyridine rings is 1. The first-order valence-electron chi connectivity index (χ1n) is 6.21. The molecule has 2 N–H and O–H groups in total. The standard InChI is InChI=1S/C13H15N3O2/c17-11-6-3-7-16-8-10(15-12(11)16)13(18)14-9-4-1-2-5-9/h3,6-9,17H,1-2,4-5H2,(H,14,18). The molecule has 2 heterocycles. The molecular weight excluding hydrogens is 230 g/mol. The number of carbonyl (C=O) groups excluding carboxylic acids is 1. The number of hydrogen-bond acceptors (Lipinski definition) is 3. The lowest BCUT2D eigenvalue weighted by Crippen LogP contribution is -2.32. The van der Waals surface area contributed by atoms with E-state index in [1.807, 2.05) is 0 Å². The first kappa shape index (κ1) is 11.1. The normalized spacial score (nSPS) is 16.2. The van der Waals surface area contributed by atoms with Crippen molar-refractivity contribution in [2.45, 2.75) is 31.7 Å².